The van der Waals surface area contributed by atoms with E-state index >= 15 is 0 Å². The molecule has 20 heavy (non-hydrogen) atoms. The summed E-state index contributed by atoms with van der Waals surface area (Å²) in [5, 5.41) is 3.53. The van der Waals surface area contributed by atoms with Crippen molar-refractivity contribution >= 4 is 34.7 Å². The van der Waals surface area contributed by atoms with Crippen LogP contribution in [0.2, 0.25) is 0 Å². The van der Waals surface area contributed by atoms with Crippen LogP contribution in [0.25, 0.3) is 0 Å². The highest BCUT2D eigenvalue weighted by Crippen LogP contribution is 2.40. The standard InChI is InChI=1S/C15H22N2OS2/c1-18-11-5-6-12(14(16)19)13(9-11)17-10-15(20-2)7-3-4-8-15/h5-6,9,17H,3-4,7-8,10H2,1-2H3,(H2,16,19). The first kappa shape index (κ1) is 15.4. The van der Waals surface area contributed by atoms with Gasteiger partial charge in [0.25, 0.3) is 0 Å². The number of hydrogen-bond donors (Lipinski definition) is 2. The number of thiocarbonyl (C=S) groups is 1. The summed E-state index contributed by atoms with van der Waals surface area (Å²) >= 11 is 7.09. The number of hydrogen-bond acceptors (Lipinski definition) is 4. The molecule has 0 bridgehead atoms. The fourth-order valence-corrected chi connectivity index (χ4v) is 3.83. The van der Waals surface area contributed by atoms with E-state index in [2.05, 4.69) is 11.6 Å². The molecular formula is C15H22N2OS2. The third-order valence-corrected chi connectivity index (χ3v) is 5.68. The second-order valence-electron chi connectivity index (χ2n) is 5.22. The van der Waals surface area contributed by atoms with Gasteiger partial charge in [-0.15, -0.1) is 0 Å². The molecule has 110 valence electrons. The lowest BCUT2D eigenvalue weighted by Gasteiger charge is -2.28. The van der Waals surface area contributed by atoms with E-state index in [1.165, 1.54) is 25.7 Å². The van der Waals surface area contributed by atoms with Crippen molar-refractivity contribution in [1.82, 2.24) is 0 Å². The molecule has 1 fully saturated rings. The number of methoxy groups -OCH3 is 1. The van der Waals surface area contributed by atoms with Crippen LogP contribution in [0.3, 0.4) is 0 Å². The molecule has 1 aromatic rings. The van der Waals surface area contributed by atoms with Crippen LogP contribution in [0.4, 0.5) is 5.69 Å². The molecule has 0 spiro atoms. The predicted octanol–water partition coefficient (Wildman–Crippen LogP) is 3.42. The Labute approximate surface area is 130 Å². The minimum Gasteiger partial charge on any atom is -0.497 e. The van der Waals surface area contributed by atoms with Crippen molar-refractivity contribution in [3.8, 4) is 5.75 Å². The Morgan fingerprint density at radius 1 is 1.45 bits per heavy atom. The zero-order valence-electron chi connectivity index (χ0n) is 12.1. The van der Waals surface area contributed by atoms with Crippen LogP contribution in [0, 0.1) is 0 Å². The van der Waals surface area contributed by atoms with Gasteiger partial charge in [-0.3, -0.25) is 0 Å². The van der Waals surface area contributed by atoms with Crippen molar-refractivity contribution in [2.24, 2.45) is 5.73 Å². The van der Waals surface area contributed by atoms with Crippen molar-refractivity contribution in [2.45, 2.75) is 30.4 Å². The molecule has 0 radical (unpaired) electrons. The molecule has 2 rings (SSSR count). The molecule has 0 aromatic heterocycles. The summed E-state index contributed by atoms with van der Waals surface area (Å²) in [7, 11) is 1.67. The van der Waals surface area contributed by atoms with Crippen molar-refractivity contribution in [3.63, 3.8) is 0 Å². The molecule has 1 saturated carbocycles. The lowest BCUT2D eigenvalue weighted by molar-refractivity contribution is 0.415. The van der Waals surface area contributed by atoms with Crippen LogP contribution in [-0.2, 0) is 0 Å². The van der Waals surface area contributed by atoms with Crippen molar-refractivity contribution < 1.29 is 4.74 Å². The Balaban J connectivity index is 2.16. The van der Waals surface area contributed by atoms with E-state index in [0.717, 1.165) is 23.5 Å². The molecule has 1 aliphatic rings. The number of nitrogens with one attached hydrogen (secondary N) is 1. The SMILES string of the molecule is COc1ccc(C(N)=S)c(NCC2(SC)CCCC2)c1. The average molecular weight is 310 g/mol. The minimum atomic E-state index is 0.344. The fourth-order valence-electron chi connectivity index (χ4n) is 2.74. The summed E-state index contributed by atoms with van der Waals surface area (Å²) in [6, 6.07) is 5.78. The third-order valence-electron chi connectivity index (χ3n) is 4.04. The Bertz CT molecular complexity index is 485. The Morgan fingerprint density at radius 2 is 2.15 bits per heavy atom. The molecular weight excluding hydrogens is 288 g/mol. The lowest BCUT2D eigenvalue weighted by atomic mass is 10.1. The van der Waals surface area contributed by atoms with Gasteiger partial charge in [0.2, 0.25) is 0 Å². The van der Waals surface area contributed by atoms with Crippen LogP contribution in [-0.4, -0.2) is 29.6 Å². The van der Waals surface area contributed by atoms with Gasteiger partial charge in [0.05, 0.1) is 7.11 Å². The molecule has 0 unspecified atom stereocenters. The summed E-state index contributed by atoms with van der Waals surface area (Å²) in [6.07, 6.45) is 7.39. The maximum absolute atomic E-state index is 5.80. The Hall–Kier alpha value is -0.940. The van der Waals surface area contributed by atoms with Gasteiger partial charge in [0.1, 0.15) is 10.7 Å². The van der Waals surface area contributed by atoms with E-state index in [4.69, 9.17) is 22.7 Å². The molecule has 1 aliphatic carbocycles. The van der Waals surface area contributed by atoms with Gasteiger partial charge in [-0.05, 0) is 31.2 Å². The molecule has 3 N–H and O–H groups in total. The number of rotatable bonds is 6. The summed E-state index contributed by atoms with van der Waals surface area (Å²) < 4.78 is 5.63. The highest BCUT2D eigenvalue weighted by Gasteiger charge is 2.32. The van der Waals surface area contributed by atoms with Gasteiger partial charge in [0.15, 0.2) is 0 Å². The van der Waals surface area contributed by atoms with E-state index in [-0.39, 0.29) is 0 Å². The fraction of sp³-hybridized carbons (Fsp3) is 0.533. The van der Waals surface area contributed by atoms with Gasteiger partial charge < -0.3 is 15.8 Å². The van der Waals surface area contributed by atoms with Crippen LogP contribution in [0.5, 0.6) is 5.75 Å². The molecule has 0 amide bonds. The number of nitrogens with two attached hydrogens (primary N) is 1. The van der Waals surface area contributed by atoms with E-state index in [1.807, 2.05) is 30.0 Å². The summed E-state index contributed by atoms with van der Waals surface area (Å²) in [5.74, 6) is 0.817. The number of anilines is 1. The van der Waals surface area contributed by atoms with E-state index in [1.54, 1.807) is 7.11 Å². The molecule has 0 heterocycles. The minimum absolute atomic E-state index is 0.344. The number of ether oxygens (including phenoxy) is 1. The van der Waals surface area contributed by atoms with Crippen LogP contribution in [0.1, 0.15) is 31.2 Å². The third kappa shape index (κ3) is 3.38. The van der Waals surface area contributed by atoms with Gasteiger partial charge in [-0.2, -0.15) is 11.8 Å². The summed E-state index contributed by atoms with van der Waals surface area (Å²) in [6.45, 7) is 0.941. The zero-order chi connectivity index (χ0) is 14.6. The number of benzene rings is 1. The highest BCUT2D eigenvalue weighted by atomic mass is 32.2. The quantitative estimate of drug-likeness (QED) is 0.788. The van der Waals surface area contributed by atoms with Gasteiger partial charge in [-0.25, -0.2) is 0 Å². The van der Waals surface area contributed by atoms with E-state index in [9.17, 15) is 0 Å². The van der Waals surface area contributed by atoms with Gasteiger partial charge in [-0.1, -0.05) is 25.1 Å². The highest BCUT2D eigenvalue weighted by molar-refractivity contribution is 8.00. The Morgan fingerprint density at radius 3 is 2.70 bits per heavy atom. The molecule has 0 aliphatic heterocycles. The maximum atomic E-state index is 5.80. The van der Waals surface area contributed by atoms with E-state index in [0.29, 0.717) is 9.74 Å². The first-order valence-electron chi connectivity index (χ1n) is 6.87. The number of thioether (sulfide) groups is 1. The van der Waals surface area contributed by atoms with Crippen LogP contribution in [0.15, 0.2) is 18.2 Å². The second kappa shape index (κ2) is 6.68. The van der Waals surface area contributed by atoms with Gasteiger partial charge >= 0.3 is 0 Å². The molecule has 0 saturated heterocycles. The topological polar surface area (TPSA) is 47.3 Å². The first-order valence-corrected chi connectivity index (χ1v) is 8.50. The van der Waals surface area contributed by atoms with Gasteiger partial charge in [0, 0.05) is 28.6 Å². The second-order valence-corrected chi connectivity index (χ2v) is 6.94. The maximum Gasteiger partial charge on any atom is 0.120 e. The van der Waals surface area contributed by atoms with Crippen LogP contribution < -0.4 is 15.8 Å². The largest absolute Gasteiger partial charge is 0.497 e. The molecule has 0 atom stereocenters. The lowest BCUT2D eigenvalue weighted by Crippen LogP contribution is -2.30. The Kier molecular flexibility index (Phi) is 5.16. The molecule has 3 nitrogen and oxygen atoms in total. The normalized spacial score (nSPS) is 16.9. The van der Waals surface area contributed by atoms with Crippen molar-refractivity contribution in [3.05, 3.63) is 23.8 Å². The van der Waals surface area contributed by atoms with E-state index < -0.39 is 0 Å². The zero-order valence-corrected chi connectivity index (χ0v) is 13.7. The summed E-state index contributed by atoms with van der Waals surface area (Å²) in [5.41, 5.74) is 7.65. The van der Waals surface area contributed by atoms with Crippen molar-refractivity contribution in [1.29, 1.82) is 0 Å². The molecule has 1 aromatic carbocycles. The first-order chi connectivity index (χ1) is 9.60. The average Bonchev–Trinajstić information content (AvgIpc) is 2.94. The van der Waals surface area contributed by atoms with Crippen LogP contribution >= 0.6 is 24.0 Å². The smallest absolute Gasteiger partial charge is 0.120 e. The monoisotopic (exact) mass is 310 g/mol. The summed E-state index contributed by atoms with van der Waals surface area (Å²) in [4.78, 5) is 0.416. The molecule has 5 heteroatoms. The van der Waals surface area contributed by atoms with Crippen molar-refractivity contribution in [2.75, 3.05) is 25.2 Å². The predicted molar refractivity (Wildman–Crippen MR) is 92.1 cm³/mol.